The molecule has 2 aromatic rings. The molecule has 0 unspecified atom stereocenters. The molecule has 0 radical (unpaired) electrons. The maximum Gasteiger partial charge on any atom is 0.240 e. The quantitative estimate of drug-likeness (QED) is 0.843. The molecule has 2 rings (SSSR count). The fourth-order valence-corrected chi connectivity index (χ4v) is 3.10. The van der Waals surface area contributed by atoms with Crippen LogP contribution in [-0.2, 0) is 16.6 Å². The normalized spacial score (nSPS) is 11.4. The number of hydrogen-bond acceptors (Lipinski definition) is 4. The Labute approximate surface area is 129 Å². The summed E-state index contributed by atoms with van der Waals surface area (Å²) in [6, 6.07) is 12.0. The number of halogens is 1. The van der Waals surface area contributed by atoms with Crippen LogP contribution in [0.5, 0.6) is 0 Å². The molecule has 0 spiro atoms. The van der Waals surface area contributed by atoms with Gasteiger partial charge in [0.05, 0.1) is 5.69 Å². The van der Waals surface area contributed by atoms with Gasteiger partial charge in [0.2, 0.25) is 10.0 Å². The molecule has 0 aliphatic heterocycles. The summed E-state index contributed by atoms with van der Waals surface area (Å²) in [5.41, 5.74) is 7.44. The van der Waals surface area contributed by atoms with E-state index in [2.05, 4.69) is 0 Å². The second-order valence-corrected chi connectivity index (χ2v) is 6.72. The van der Waals surface area contributed by atoms with Gasteiger partial charge in [-0.3, -0.25) is 0 Å². The van der Waals surface area contributed by atoms with E-state index in [0.717, 1.165) is 5.56 Å². The van der Waals surface area contributed by atoms with Crippen LogP contribution in [0, 0.1) is 0 Å². The first kappa shape index (κ1) is 15.6. The van der Waals surface area contributed by atoms with E-state index in [1.54, 1.807) is 30.1 Å². The third kappa shape index (κ3) is 3.87. The van der Waals surface area contributed by atoms with Crippen molar-refractivity contribution in [2.24, 2.45) is 5.14 Å². The number of anilines is 2. The molecule has 4 N–H and O–H groups in total. The largest absolute Gasteiger partial charge is 0.399 e. The molecule has 0 saturated heterocycles. The van der Waals surface area contributed by atoms with Crippen LogP contribution in [0.25, 0.3) is 0 Å². The SMILES string of the molecule is CN(Cc1cccc(Cl)c1)c1ccc(N)cc1S(N)(=O)=O. The number of primary sulfonamides is 1. The van der Waals surface area contributed by atoms with Gasteiger partial charge in [0.1, 0.15) is 4.90 Å². The number of sulfonamides is 1. The third-order valence-corrected chi connectivity index (χ3v) is 4.19. The van der Waals surface area contributed by atoms with Gasteiger partial charge in [0, 0.05) is 24.3 Å². The third-order valence-electron chi connectivity index (χ3n) is 3.01. The lowest BCUT2D eigenvalue weighted by molar-refractivity contribution is 0.597. The number of nitrogen functional groups attached to an aromatic ring is 1. The maximum atomic E-state index is 11.7. The van der Waals surface area contributed by atoms with Crippen molar-refractivity contribution < 1.29 is 8.42 Å². The van der Waals surface area contributed by atoms with E-state index in [1.807, 2.05) is 18.2 Å². The van der Waals surface area contributed by atoms with Gasteiger partial charge in [-0.25, -0.2) is 13.6 Å². The Kier molecular flexibility index (Phi) is 4.41. The lowest BCUT2D eigenvalue weighted by Gasteiger charge is -2.22. The summed E-state index contributed by atoms with van der Waals surface area (Å²) in [5.74, 6) is 0. The molecular weight excluding hydrogens is 310 g/mol. The minimum atomic E-state index is -3.85. The Balaban J connectivity index is 2.38. The van der Waals surface area contributed by atoms with Crippen LogP contribution in [0.4, 0.5) is 11.4 Å². The Morgan fingerprint density at radius 2 is 1.90 bits per heavy atom. The van der Waals surface area contributed by atoms with Gasteiger partial charge in [0.15, 0.2) is 0 Å². The first-order valence-corrected chi connectivity index (χ1v) is 8.08. The standard InChI is InChI=1S/C14H16ClN3O2S/c1-18(9-10-3-2-4-11(15)7-10)13-6-5-12(16)8-14(13)21(17,19)20/h2-8H,9,16H2,1H3,(H2,17,19,20). The zero-order valence-corrected chi connectivity index (χ0v) is 13.0. The topological polar surface area (TPSA) is 89.4 Å². The predicted octanol–water partition coefficient (Wildman–Crippen LogP) is 2.21. The predicted molar refractivity (Wildman–Crippen MR) is 85.8 cm³/mol. The van der Waals surface area contributed by atoms with E-state index in [4.69, 9.17) is 22.5 Å². The van der Waals surface area contributed by atoms with Crippen LogP contribution in [0.2, 0.25) is 5.02 Å². The van der Waals surface area contributed by atoms with Gasteiger partial charge < -0.3 is 10.6 Å². The maximum absolute atomic E-state index is 11.7. The van der Waals surface area contributed by atoms with Gasteiger partial charge in [-0.2, -0.15) is 0 Å². The first-order valence-electron chi connectivity index (χ1n) is 6.15. The highest BCUT2D eigenvalue weighted by Crippen LogP contribution is 2.27. The van der Waals surface area contributed by atoms with Crippen LogP contribution in [0.3, 0.4) is 0 Å². The van der Waals surface area contributed by atoms with Crippen LogP contribution in [0.1, 0.15) is 5.56 Å². The van der Waals surface area contributed by atoms with E-state index in [9.17, 15) is 8.42 Å². The van der Waals surface area contributed by atoms with Crippen molar-refractivity contribution >= 4 is 33.0 Å². The van der Waals surface area contributed by atoms with E-state index in [-0.39, 0.29) is 4.90 Å². The number of benzene rings is 2. The zero-order valence-electron chi connectivity index (χ0n) is 11.5. The van der Waals surface area contributed by atoms with Crippen molar-refractivity contribution in [1.29, 1.82) is 0 Å². The highest BCUT2D eigenvalue weighted by atomic mass is 35.5. The summed E-state index contributed by atoms with van der Waals surface area (Å²) in [6.07, 6.45) is 0. The number of nitrogens with two attached hydrogens (primary N) is 2. The van der Waals surface area contributed by atoms with Crippen molar-refractivity contribution in [3.8, 4) is 0 Å². The number of hydrogen-bond donors (Lipinski definition) is 2. The van der Waals surface area contributed by atoms with Crippen molar-refractivity contribution in [3.63, 3.8) is 0 Å². The van der Waals surface area contributed by atoms with Crippen LogP contribution >= 0.6 is 11.6 Å². The van der Waals surface area contributed by atoms with Gasteiger partial charge in [-0.15, -0.1) is 0 Å². The van der Waals surface area contributed by atoms with Gasteiger partial charge in [-0.05, 0) is 35.9 Å². The van der Waals surface area contributed by atoms with Gasteiger partial charge in [0.25, 0.3) is 0 Å². The lowest BCUT2D eigenvalue weighted by atomic mass is 10.2. The fraction of sp³-hybridized carbons (Fsp3) is 0.143. The Morgan fingerprint density at radius 3 is 2.52 bits per heavy atom. The summed E-state index contributed by atoms with van der Waals surface area (Å²) >= 11 is 5.95. The van der Waals surface area contributed by atoms with Crippen LogP contribution in [-0.4, -0.2) is 15.5 Å². The molecule has 0 aliphatic rings. The van der Waals surface area contributed by atoms with Crippen molar-refractivity contribution in [2.75, 3.05) is 17.7 Å². The first-order chi connectivity index (χ1) is 9.77. The van der Waals surface area contributed by atoms with Gasteiger partial charge in [-0.1, -0.05) is 23.7 Å². The van der Waals surface area contributed by atoms with E-state index < -0.39 is 10.0 Å². The summed E-state index contributed by atoms with van der Waals surface area (Å²) in [6.45, 7) is 0.493. The average molecular weight is 326 g/mol. The van der Waals surface area contributed by atoms with E-state index >= 15 is 0 Å². The Bertz CT molecular complexity index is 763. The molecule has 112 valence electrons. The molecule has 21 heavy (non-hydrogen) atoms. The van der Waals surface area contributed by atoms with Crippen LogP contribution in [0.15, 0.2) is 47.4 Å². The highest BCUT2D eigenvalue weighted by molar-refractivity contribution is 7.89. The second kappa shape index (κ2) is 5.93. The molecule has 0 aromatic heterocycles. The molecule has 0 saturated carbocycles. The summed E-state index contributed by atoms with van der Waals surface area (Å²) < 4.78 is 23.4. The van der Waals surface area contributed by atoms with Gasteiger partial charge >= 0.3 is 0 Å². The Hall–Kier alpha value is -1.76. The molecule has 0 aliphatic carbocycles. The monoisotopic (exact) mass is 325 g/mol. The molecular formula is C14H16ClN3O2S. The molecule has 5 nitrogen and oxygen atoms in total. The average Bonchev–Trinajstić information content (AvgIpc) is 2.37. The molecule has 0 amide bonds. The summed E-state index contributed by atoms with van der Waals surface area (Å²) in [7, 11) is -2.07. The van der Waals surface area contributed by atoms with Crippen LogP contribution < -0.4 is 15.8 Å². The highest BCUT2D eigenvalue weighted by Gasteiger charge is 2.17. The van der Waals surface area contributed by atoms with Crippen molar-refractivity contribution in [3.05, 3.63) is 53.1 Å². The van der Waals surface area contributed by atoms with E-state index in [1.165, 1.54) is 6.07 Å². The minimum Gasteiger partial charge on any atom is -0.399 e. The molecule has 7 heteroatoms. The summed E-state index contributed by atoms with van der Waals surface area (Å²) in [5, 5.41) is 5.88. The molecule has 2 aromatic carbocycles. The Morgan fingerprint density at radius 1 is 1.19 bits per heavy atom. The molecule has 0 atom stereocenters. The molecule has 0 heterocycles. The van der Waals surface area contributed by atoms with E-state index in [0.29, 0.717) is 22.9 Å². The summed E-state index contributed by atoms with van der Waals surface area (Å²) in [4.78, 5) is 1.79. The number of rotatable bonds is 4. The lowest BCUT2D eigenvalue weighted by Crippen LogP contribution is -2.22. The fourth-order valence-electron chi connectivity index (χ4n) is 2.07. The zero-order chi connectivity index (χ0) is 15.6. The number of nitrogens with zero attached hydrogens (tertiary/aromatic N) is 1. The molecule has 0 fully saturated rings. The second-order valence-electron chi connectivity index (χ2n) is 4.76. The molecule has 0 bridgehead atoms. The minimum absolute atomic E-state index is 0.00651. The van der Waals surface area contributed by atoms with Crippen molar-refractivity contribution in [1.82, 2.24) is 0 Å². The smallest absolute Gasteiger partial charge is 0.240 e. The van der Waals surface area contributed by atoms with Crippen molar-refractivity contribution in [2.45, 2.75) is 11.4 Å².